The number of hydrogen-bond donors (Lipinski definition) is 3. The number of benzene rings is 1. The van der Waals surface area contributed by atoms with Crippen molar-refractivity contribution in [3.05, 3.63) is 36.5 Å². The molecule has 0 unspecified atom stereocenters. The van der Waals surface area contributed by atoms with Gasteiger partial charge in [-0.3, -0.25) is 5.32 Å². The van der Waals surface area contributed by atoms with Crippen molar-refractivity contribution in [1.29, 1.82) is 0 Å². The number of nitrogens with one attached hydrogen (secondary N) is 2. The van der Waals surface area contributed by atoms with Crippen molar-refractivity contribution < 1.29 is 9.53 Å². The van der Waals surface area contributed by atoms with E-state index in [4.69, 9.17) is 10.5 Å². The lowest BCUT2D eigenvalue weighted by Gasteiger charge is -2.21. The Bertz CT molecular complexity index is 980. The fraction of sp³-hybridized carbons (Fsp3) is 0.263. The Kier molecular flexibility index (Phi) is 4.81. The number of fused-ring (bicyclic) bond motifs is 1. The van der Waals surface area contributed by atoms with Crippen molar-refractivity contribution in [3.63, 3.8) is 0 Å². The second-order valence-corrected chi connectivity index (χ2v) is 7.08. The van der Waals surface area contributed by atoms with Crippen molar-refractivity contribution in [3.8, 4) is 16.9 Å². The van der Waals surface area contributed by atoms with Crippen LogP contribution in [0, 0.1) is 0 Å². The maximum atomic E-state index is 12.4. The molecule has 0 spiro atoms. The molecule has 0 saturated carbocycles. The maximum absolute atomic E-state index is 12.4. The first-order valence-electron chi connectivity index (χ1n) is 8.42. The van der Waals surface area contributed by atoms with E-state index in [2.05, 4.69) is 25.6 Å². The molecular formula is C19H22N6O2. The largest absolute Gasteiger partial charge is 0.497 e. The number of pyridine rings is 1. The molecule has 2 amide bonds. The number of nitrogens with zero attached hydrogens (tertiary/aromatic N) is 3. The number of nitrogen functional groups attached to an aromatic ring is 1. The van der Waals surface area contributed by atoms with Gasteiger partial charge in [-0.15, -0.1) is 0 Å². The molecule has 0 aliphatic carbocycles. The topological polar surface area (TPSA) is 115 Å². The Morgan fingerprint density at radius 2 is 1.85 bits per heavy atom. The van der Waals surface area contributed by atoms with Crippen molar-refractivity contribution >= 4 is 28.8 Å². The summed E-state index contributed by atoms with van der Waals surface area (Å²) in [6, 6.07) is 9.00. The van der Waals surface area contributed by atoms with E-state index in [9.17, 15) is 4.79 Å². The van der Waals surface area contributed by atoms with Crippen LogP contribution in [-0.4, -0.2) is 33.6 Å². The summed E-state index contributed by atoms with van der Waals surface area (Å²) in [6.07, 6.45) is 1.61. The van der Waals surface area contributed by atoms with Crippen LogP contribution >= 0.6 is 0 Å². The van der Waals surface area contributed by atoms with Crippen LogP contribution in [0.2, 0.25) is 0 Å². The summed E-state index contributed by atoms with van der Waals surface area (Å²) in [5.74, 6) is 1.24. The first-order valence-corrected chi connectivity index (χ1v) is 8.42. The summed E-state index contributed by atoms with van der Waals surface area (Å²) in [5.41, 5.74) is 7.30. The molecule has 1 aromatic carbocycles. The lowest BCUT2D eigenvalue weighted by atomic mass is 10.0. The molecule has 27 heavy (non-hydrogen) atoms. The lowest BCUT2D eigenvalue weighted by molar-refractivity contribution is 0.243. The highest BCUT2D eigenvalue weighted by molar-refractivity contribution is 5.96. The van der Waals surface area contributed by atoms with Gasteiger partial charge in [0.1, 0.15) is 11.6 Å². The fourth-order valence-corrected chi connectivity index (χ4v) is 2.54. The van der Waals surface area contributed by atoms with Gasteiger partial charge in [0.25, 0.3) is 0 Å². The Labute approximate surface area is 157 Å². The van der Waals surface area contributed by atoms with Gasteiger partial charge in [0.05, 0.1) is 7.11 Å². The van der Waals surface area contributed by atoms with E-state index in [1.807, 2.05) is 51.1 Å². The van der Waals surface area contributed by atoms with Gasteiger partial charge in [0, 0.05) is 22.7 Å². The van der Waals surface area contributed by atoms with Crippen molar-refractivity contribution in [2.75, 3.05) is 18.2 Å². The van der Waals surface area contributed by atoms with Gasteiger partial charge in [0.2, 0.25) is 5.95 Å². The number of hydrogen-bond acceptors (Lipinski definition) is 6. The first-order chi connectivity index (χ1) is 12.7. The van der Waals surface area contributed by atoms with E-state index in [1.165, 1.54) is 0 Å². The SMILES string of the molecule is COc1ccc(-c2cc3cnc(N)nc3nc2NC(=O)NC(C)(C)C)cc1. The van der Waals surface area contributed by atoms with Crippen LogP contribution < -0.4 is 21.1 Å². The second kappa shape index (κ2) is 7.06. The van der Waals surface area contributed by atoms with Crippen LogP contribution in [0.25, 0.3) is 22.2 Å². The van der Waals surface area contributed by atoms with Crippen molar-refractivity contribution in [1.82, 2.24) is 20.3 Å². The molecule has 3 rings (SSSR count). The summed E-state index contributed by atoms with van der Waals surface area (Å²) in [5, 5.41) is 6.39. The molecule has 8 heteroatoms. The van der Waals surface area contributed by atoms with Crippen LogP contribution in [-0.2, 0) is 0 Å². The predicted molar refractivity (Wildman–Crippen MR) is 106 cm³/mol. The zero-order valence-corrected chi connectivity index (χ0v) is 15.7. The van der Waals surface area contributed by atoms with Crippen LogP contribution in [0.5, 0.6) is 5.75 Å². The van der Waals surface area contributed by atoms with E-state index < -0.39 is 0 Å². The molecule has 0 atom stereocenters. The van der Waals surface area contributed by atoms with Crippen molar-refractivity contribution in [2.45, 2.75) is 26.3 Å². The van der Waals surface area contributed by atoms with E-state index in [0.717, 1.165) is 22.3 Å². The summed E-state index contributed by atoms with van der Waals surface area (Å²) in [4.78, 5) is 25.0. The van der Waals surface area contributed by atoms with Gasteiger partial charge in [-0.2, -0.15) is 4.98 Å². The Balaban J connectivity index is 2.08. The van der Waals surface area contributed by atoms with Gasteiger partial charge in [-0.05, 0) is 44.5 Å². The van der Waals surface area contributed by atoms with Crippen LogP contribution in [0.15, 0.2) is 36.5 Å². The standard InChI is InChI=1S/C19H22N6O2/c1-19(2,3)25-18(26)24-16-14(11-5-7-13(27-4)8-6-11)9-12-10-21-17(20)23-15(12)22-16/h5-10H,1-4H3,(H4,20,21,22,23,24,25,26). The third-order valence-electron chi connectivity index (χ3n) is 3.71. The van der Waals surface area contributed by atoms with Gasteiger partial charge in [-0.25, -0.2) is 14.8 Å². The highest BCUT2D eigenvalue weighted by Crippen LogP contribution is 2.31. The van der Waals surface area contributed by atoms with Crippen LogP contribution in [0.4, 0.5) is 16.6 Å². The normalized spacial score (nSPS) is 11.3. The minimum absolute atomic E-state index is 0.122. The maximum Gasteiger partial charge on any atom is 0.320 e. The molecule has 8 nitrogen and oxygen atoms in total. The monoisotopic (exact) mass is 366 g/mol. The van der Waals surface area contributed by atoms with Gasteiger partial charge in [0.15, 0.2) is 5.65 Å². The molecule has 0 saturated heterocycles. The van der Waals surface area contributed by atoms with Gasteiger partial charge in [-0.1, -0.05) is 12.1 Å². The first kappa shape index (κ1) is 18.4. The van der Waals surface area contributed by atoms with E-state index in [1.54, 1.807) is 13.3 Å². The number of methoxy groups -OCH3 is 1. The number of nitrogens with two attached hydrogens (primary N) is 1. The highest BCUT2D eigenvalue weighted by atomic mass is 16.5. The van der Waals surface area contributed by atoms with E-state index in [0.29, 0.717) is 11.5 Å². The zero-order chi connectivity index (χ0) is 19.6. The smallest absolute Gasteiger partial charge is 0.320 e. The average Bonchev–Trinajstić information content (AvgIpc) is 2.59. The van der Waals surface area contributed by atoms with E-state index >= 15 is 0 Å². The minimum atomic E-state index is -0.381. The molecule has 2 aromatic heterocycles. The molecule has 0 bridgehead atoms. The Morgan fingerprint density at radius 3 is 2.48 bits per heavy atom. The summed E-state index contributed by atoms with van der Waals surface area (Å²) in [7, 11) is 1.61. The summed E-state index contributed by atoms with van der Waals surface area (Å²) < 4.78 is 5.21. The molecule has 0 fully saturated rings. The quantitative estimate of drug-likeness (QED) is 0.656. The number of anilines is 2. The number of carbonyl (C=O) groups excluding carboxylic acids is 1. The highest BCUT2D eigenvalue weighted by Gasteiger charge is 2.17. The molecular weight excluding hydrogens is 344 g/mol. The van der Waals surface area contributed by atoms with E-state index in [-0.39, 0.29) is 17.5 Å². The third-order valence-corrected chi connectivity index (χ3v) is 3.71. The van der Waals surface area contributed by atoms with Crippen LogP contribution in [0.3, 0.4) is 0 Å². The summed E-state index contributed by atoms with van der Waals surface area (Å²) in [6.45, 7) is 5.70. The fourth-order valence-electron chi connectivity index (χ4n) is 2.54. The summed E-state index contributed by atoms with van der Waals surface area (Å²) >= 11 is 0. The molecule has 2 heterocycles. The Hall–Kier alpha value is -3.42. The molecule has 3 aromatic rings. The molecule has 0 aliphatic rings. The molecule has 0 aliphatic heterocycles. The number of urea groups is 1. The molecule has 0 radical (unpaired) electrons. The minimum Gasteiger partial charge on any atom is -0.497 e. The Morgan fingerprint density at radius 1 is 1.15 bits per heavy atom. The molecule has 4 N–H and O–H groups in total. The lowest BCUT2D eigenvalue weighted by Crippen LogP contribution is -2.43. The number of amides is 2. The van der Waals surface area contributed by atoms with Gasteiger partial charge >= 0.3 is 6.03 Å². The van der Waals surface area contributed by atoms with Crippen LogP contribution in [0.1, 0.15) is 20.8 Å². The number of ether oxygens (including phenoxy) is 1. The zero-order valence-electron chi connectivity index (χ0n) is 15.7. The van der Waals surface area contributed by atoms with Crippen molar-refractivity contribution in [2.24, 2.45) is 0 Å². The number of rotatable bonds is 3. The van der Waals surface area contributed by atoms with Gasteiger partial charge < -0.3 is 15.8 Å². The number of aromatic nitrogens is 3. The predicted octanol–water partition coefficient (Wildman–Crippen LogP) is 3.20. The third kappa shape index (κ3) is 4.41. The second-order valence-electron chi connectivity index (χ2n) is 7.08. The number of carbonyl (C=O) groups is 1. The molecule has 140 valence electrons. The average molecular weight is 366 g/mol.